The molecule has 0 saturated carbocycles. The van der Waals surface area contributed by atoms with Crippen molar-refractivity contribution in [3.8, 4) is 0 Å². The van der Waals surface area contributed by atoms with Gasteiger partial charge in [0.2, 0.25) is 10.0 Å². The van der Waals surface area contributed by atoms with Gasteiger partial charge < -0.3 is 4.90 Å². The minimum absolute atomic E-state index is 0.00145. The van der Waals surface area contributed by atoms with Crippen molar-refractivity contribution in [2.45, 2.75) is 15.8 Å². The molecule has 0 amide bonds. The molecule has 1 N–H and O–H groups in total. The van der Waals surface area contributed by atoms with Crippen molar-refractivity contribution in [2.75, 3.05) is 26.9 Å². The first-order valence-electron chi connectivity index (χ1n) is 7.73. The molecule has 0 spiro atoms. The lowest BCUT2D eigenvalue weighted by molar-refractivity contribution is 0.299. The predicted octanol–water partition coefficient (Wildman–Crippen LogP) is 2.32. The molecule has 2 aromatic carbocycles. The maximum absolute atomic E-state index is 12.5. The van der Waals surface area contributed by atoms with Crippen molar-refractivity contribution in [3.05, 3.63) is 59.1 Å². The van der Waals surface area contributed by atoms with Gasteiger partial charge in [0, 0.05) is 23.9 Å². The van der Waals surface area contributed by atoms with Crippen LogP contribution in [0.1, 0.15) is 11.6 Å². The van der Waals surface area contributed by atoms with E-state index in [1.165, 1.54) is 24.3 Å². The Morgan fingerprint density at radius 3 is 2.00 bits per heavy atom. The molecule has 0 aliphatic heterocycles. The average Bonchev–Trinajstić information content (AvgIpc) is 2.55. The summed E-state index contributed by atoms with van der Waals surface area (Å²) in [5, 5.41) is 0.558. The van der Waals surface area contributed by atoms with E-state index < -0.39 is 19.9 Å². The van der Waals surface area contributed by atoms with Crippen LogP contribution in [0.2, 0.25) is 5.02 Å². The Labute approximate surface area is 159 Å². The van der Waals surface area contributed by atoms with Crippen LogP contribution in [-0.2, 0) is 19.9 Å². The van der Waals surface area contributed by atoms with E-state index in [4.69, 9.17) is 11.6 Å². The van der Waals surface area contributed by atoms with Crippen LogP contribution in [0.25, 0.3) is 0 Å². The van der Waals surface area contributed by atoms with Gasteiger partial charge in [-0.2, -0.15) is 0 Å². The van der Waals surface area contributed by atoms with Crippen LogP contribution >= 0.6 is 11.6 Å². The molecule has 0 aliphatic rings. The molecule has 9 heteroatoms. The molecule has 0 fully saturated rings. The number of halogens is 1. The van der Waals surface area contributed by atoms with Gasteiger partial charge in [0.15, 0.2) is 9.84 Å². The molecule has 2 aromatic rings. The third-order valence-electron chi connectivity index (χ3n) is 3.92. The highest BCUT2D eigenvalue weighted by Crippen LogP contribution is 2.26. The lowest BCUT2D eigenvalue weighted by Crippen LogP contribution is -2.34. The van der Waals surface area contributed by atoms with E-state index in [0.717, 1.165) is 11.8 Å². The molecule has 26 heavy (non-hydrogen) atoms. The van der Waals surface area contributed by atoms with Crippen molar-refractivity contribution in [1.82, 2.24) is 9.62 Å². The SMILES string of the molecule is CN(C)C(CNS(=O)(=O)c1ccc(S(C)(=O)=O)cc1)c1ccccc1Cl. The monoisotopic (exact) mass is 416 g/mol. The topological polar surface area (TPSA) is 83.6 Å². The molecule has 1 unspecified atom stereocenters. The molecule has 0 aromatic heterocycles. The summed E-state index contributed by atoms with van der Waals surface area (Å²) in [5.74, 6) is 0. The Morgan fingerprint density at radius 1 is 0.962 bits per heavy atom. The smallest absolute Gasteiger partial charge is 0.240 e. The minimum atomic E-state index is -3.79. The maximum Gasteiger partial charge on any atom is 0.240 e. The van der Waals surface area contributed by atoms with Gasteiger partial charge >= 0.3 is 0 Å². The Morgan fingerprint density at radius 2 is 1.50 bits per heavy atom. The van der Waals surface area contributed by atoms with Crippen LogP contribution in [0, 0.1) is 0 Å². The first-order valence-corrected chi connectivity index (χ1v) is 11.5. The van der Waals surface area contributed by atoms with Gasteiger partial charge in [-0.05, 0) is 50.0 Å². The number of likely N-dealkylation sites (N-methyl/N-ethyl adjacent to an activating group) is 1. The molecule has 0 saturated heterocycles. The molecule has 6 nitrogen and oxygen atoms in total. The van der Waals surface area contributed by atoms with E-state index in [2.05, 4.69) is 4.72 Å². The molecule has 142 valence electrons. The number of hydrogen-bond donors (Lipinski definition) is 1. The highest BCUT2D eigenvalue weighted by atomic mass is 35.5. The third-order valence-corrected chi connectivity index (χ3v) is 6.83. The molecule has 0 heterocycles. The van der Waals surface area contributed by atoms with E-state index in [1.807, 2.05) is 37.2 Å². The predicted molar refractivity (Wildman–Crippen MR) is 103 cm³/mol. The largest absolute Gasteiger partial charge is 0.301 e. The zero-order valence-electron chi connectivity index (χ0n) is 14.7. The Hall–Kier alpha value is -1.45. The quantitative estimate of drug-likeness (QED) is 0.748. The molecule has 0 radical (unpaired) electrons. The highest BCUT2D eigenvalue weighted by molar-refractivity contribution is 7.90. The summed E-state index contributed by atoms with van der Waals surface area (Å²) in [5.41, 5.74) is 0.814. The summed E-state index contributed by atoms with van der Waals surface area (Å²) >= 11 is 6.23. The molecular formula is C17H21ClN2O4S2. The number of rotatable bonds is 7. The van der Waals surface area contributed by atoms with E-state index in [0.29, 0.717) is 5.02 Å². The fourth-order valence-electron chi connectivity index (χ4n) is 2.45. The normalized spacial score (nSPS) is 13.7. The standard InChI is InChI=1S/C17H21ClN2O4S2/c1-20(2)17(15-6-4-5-7-16(15)18)12-19-26(23,24)14-10-8-13(9-11-14)25(3,21)22/h4-11,17,19H,12H2,1-3H3. The number of nitrogens with one attached hydrogen (secondary N) is 1. The zero-order chi connectivity index (χ0) is 19.5. The van der Waals surface area contributed by atoms with Crippen LogP contribution < -0.4 is 4.72 Å². The molecule has 2 rings (SSSR count). The average molecular weight is 417 g/mol. The lowest BCUT2D eigenvalue weighted by Gasteiger charge is -2.26. The molecule has 0 aliphatic carbocycles. The lowest BCUT2D eigenvalue weighted by atomic mass is 10.1. The second-order valence-corrected chi connectivity index (χ2v) is 10.3. The van der Waals surface area contributed by atoms with Gasteiger partial charge in [-0.1, -0.05) is 29.8 Å². The van der Waals surface area contributed by atoms with Gasteiger partial charge in [0.1, 0.15) is 0 Å². The highest BCUT2D eigenvalue weighted by Gasteiger charge is 2.21. The van der Waals surface area contributed by atoms with Gasteiger partial charge in [-0.3, -0.25) is 0 Å². The number of sulfonamides is 1. The van der Waals surface area contributed by atoms with Crippen LogP contribution in [0.3, 0.4) is 0 Å². The van der Waals surface area contributed by atoms with Gasteiger partial charge in [-0.25, -0.2) is 21.6 Å². The maximum atomic E-state index is 12.5. The summed E-state index contributed by atoms with van der Waals surface area (Å²) in [6.07, 6.45) is 1.07. The Balaban J connectivity index is 2.21. The van der Waals surface area contributed by atoms with Crippen LogP contribution in [0.4, 0.5) is 0 Å². The zero-order valence-corrected chi connectivity index (χ0v) is 17.1. The van der Waals surface area contributed by atoms with Crippen molar-refractivity contribution in [2.24, 2.45) is 0 Å². The Bertz CT molecular complexity index is 972. The second-order valence-electron chi connectivity index (χ2n) is 6.10. The number of benzene rings is 2. The number of nitrogens with zero attached hydrogens (tertiary/aromatic N) is 1. The van der Waals surface area contributed by atoms with E-state index >= 15 is 0 Å². The number of hydrogen-bond acceptors (Lipinski definition) is 5. The van der Waals surface area contributed by atoms with E-state index in [1.54, 1.807) is 6.07 Å². The first kappa shape index (κ1) is 20.9. The fraction of sp³-hybridized carbons (Fsp3) is 0.294. The Kier molecular flexibility index (Phi) is 6.46. The van der Waals surface area contributed by atoms with Gasteiger partial charge in [0.05, 0.1) is 9.79 Å². The van der Waals surface area contributed by atoms with Crippen LogP contribution in [0.5, 0.6) is 0 Å². The second kappa shape index (κ2) is 8.06. The van der Waals surface area contributed by atoms with Crippen molar-refractivity contribution < 1.29 is 16.8 Å². The van der Waals surface area contributed by atoms with Crippen LogP contribution in [0.15, 0.2) is 58.3 Å². The summed E-state index contributed by atoms with van der Waals surface area (Å²) in [6, 6.07) is 12.1. The summed E-state index contributed by atoms with van der Waals surface area (Å²) in [6.45, 7) is 0.118. The number of sulfone groups is 1. The van der Waals surface area contributed by atoms with E-state index in [9.17, 15) is 16.8 Å². The van der Waals surface area contributed by atoms with Crippen molar-refractivity contribution in [1.29, 1.82) is 0 Å². The first-order chi connectivity index (χ1) is 12.0. The third kappa shape index (κ3) is 5.05. The molecule has 1 atom stereocenters. The summed E-state index contributed by atoms with van der Waals surface area (Å²) in [4.78, 5) is 1.94. The molecule has 0 bridgehead atoms. The van der Waals surface area contributed by atoms with Crippen molar-refractivity contribution in [3.63, 3.8) is 0 Å². The van der Waals surface area contributed by atoms with Gasteiger partial charge in [0.25, 0.3) is 0 Å². The summed E-state index contributed by atoms with van der Waals surface area (Å²) < 4.78 is 50.6. The van der Waals surface area contributed by atoms with E-state index in [-0.39, 0.29) is 22.4 Å². The van der Waals surface area contributed by atoms with Gasteiger partial charge in [-0.15, -0.1) is 0 Å². The fourth-order valence-corrected chi connectivity index (χ4v) is 4.38. The van der Waals surface area contributed by atoms with Crippen molar-refractivity contribution >= 4 is 31.5 Å². The summed E-state index contributed by atoms with van der Waals surface area (Å²) in [7, 11) is -3.49. The molecular weight excluding hydrogens is 396 g/mol. The minimum Gasteiger partial charge on any atom is -0.301 e. The van der Waals surface area contributed by atoms with Crippen LogP contribution in [-0.4, -0.2) is 48.6 Å².